The third-order valence-electron chi connectivity index (χ3n) is 7.50. The molecule has 1 amide bonds. The SMILES string of the molecule is CCCCOc1ccc([C@H]2C(=C(O)c3ccc4c(c3)C[C@@H](C)O4)C(=O)C(=O)N2c2nc3ccc(Cl)cc3s2)cc1OCC. The molecular formula is C33H31ClN2O6S. The average molecular weight is 619 g/mol. The number of aliphatic hydroxyl groups excluding tert-OH is 1. The van der Waals surface area contributed by atoms with Gasteiger partial charge in [-0.1, -0.05) is 42.3 Å². The van der Waals surface area contributed by atoms with Crippen LogP contribution in [-0.4, -0.2) is 41.1 Å². The summed E-state index contributed by atoms with van der Waals surface area (Å²) >= 11 is 7.47. The molecule has 8 nitrogen and oxygen atoms in total. The molecule has 3 aromatic carbocycles. The van der Waals surface area contributed by atoms with Crippen molar-refractivity contribution >= 4 is 55.7 Å². The number of aromatic nitrogens is 1. The first-order valence-corrected chi connectivity index (χ1v) is 15.5. The van der Waals surface area contributed by atoms with Gasteiger partial charge in [0.05, 0.1) is 35.0 Å². The molecule has 2 aliphatic heterocycles. The van der Waals surface area contributed by atoms with Crippen molar-refractivity contribution in [3.05, 3.63) is 81.9 Å². The number of unbranched alkanes of at least 4 members (excludes halogenated alkanes) is 1. The molecule has 0 radical (unpaired) electrons. The number of thiazole rings is 1. The fourth-order valence-electron chi connectivity index (χ4n) is 5.47. The summed E-state index contributed by atoms with van der Waals surface area (Å²) in [6.45, 7) is 6.86. The number of anilines is 1. The van der Waals surface area contributed by atoms with Crippen molar-refractivity contribution in [2.24, 2.45) is 0 Å². The van der Waals surface area contributed by atoms with E-state index in [9.17, 15) is 14.7 Å². The Kier molecular flexibility index (Phi) is 8.03. The molecule has 0 saturated carbocycles. The highest BCUT2D eigenvalue weighted by Crippen LogP contribution is 2.46. The summed E-state index contributed by atoms with van der Waals surface area (Å²) < 4.78 is 18.5. The third-order valence-corrected chi connectivity index (χ3v) is 8.75. The molecule has 3 heterocycles. The molecule has 2 atom stereocenters. The van der Waals surface area contributed by atoms with Gasteiger partial charge < -0.3 is 19.3 Å². The van der Waals surface area contributed by atoms with Gasteiger partial charge in [0.1, 0.15) is 17.6 Å². The quantitative estimate of drug-likeness (QED) is 0.0899. The van der Waals surface area contributed by atoms with Crippen molar-refractivity contribution in [1.29, 1.82) is 0 Å². The fraction of sp³-hybridized carbons (Fsp3) is 0.303. The van der Waals surface area contributed by atoms with Crippen LogP contribution in [0.4, 0.5) is 5.13 Å². The van der Waals surface area contributed by atoms with Gasteiger partial charge in [0.15, 0.2) is 16.6 Å². The lowest BCUT2D eigenvalue weighted by molar-refractivity contribution is -0.132. The van der Waals surface area contributed by atoms with Gasteiger partial charge in [-0.05, 0) is 79.9 Å². The number of carbonyl (C=O) groups is 2. The second kappa shape index (κ2) is 11.9. The number of benzene rings is 3. The van der Waals surface area contributed by atoms with Gasteiger partial charge >= 0.3 is 5.91 Å². The number of amides is 1. The summed E-state index contributed by atoms with van der Waals surface area (Å²) in [5.74, 6) is -0.0465. The lowest BCUT2D eigenvalue weighted by atomic mass is 9.94. The molecule has 2 aliphatic rings. The van der Waals surface area contributed by atoms with Gasteiger partial charge in [0, 0.05) is 17.0 Å². The molecule has 0 unspecified atom stereocenters. The van der Waals surface area contributed by atoms with E-state index in [2.05, 4.69) is 11.9 Å². The maximum Gasteiger partial charge on any atom is 0.301 e. The Bertz CT molecular complexity index is 1770. The zero-order valence-electron chi connectivity index (χ0n) is 24.1. The first-order valence-electron chi connectivity index (χ1n) is 14.4. The second-order valence-corrected chi connectivity index (χ2v) is 12.0. The Morgan fingerprint density at radius 3 is 2.72 bits per heavy atom. The number of ether oxygens (including phenoxy) is 3. The predicted octanol–water partition coefficient (Wildman–Crippen LogP) is 7.48. The standard InChI is InChI=1S/C33H31ClN2O6S/c1-4-6-13-41-25-12-7-19(16-26(25)40-5-2)29-28(30(37)20-8-11-24-21(15-20)14-18(3)42-24)31(38)32(39)36(29)33-35-23-10-9-22(34)17-27(23)43-33/h7-12,15-18,29,37H,4-6,13-14H2,1-3H3/t18-,29+/m1/s1. The summed E-state index contributed by atoms with van der Waals surface area (Å²) in [5, 5.41) is 12.6. The highest BCUT2D eigenvalue weighted by atomic mass is 35.5. The number of carbonyl (C=O) groups excluding carboxylic acids is 2. The fourth-order valence-corrected chi connectivity index (χ4v) is 6.74. The van der Waals surface area contributed by atoms with E-state index in [4.69, 9.17) is 25.8 Å². The molecule has 1 saturated heterocycles. The molecule has 4 aromatic rings. The molecule has 0 bridgehead atoms. The zero-order chi connectivity index (χ0) is 30.2. The zero-order valence-corrected chi connectivity index (χ0v) is 25.6. The lowest BCUT2D eigenvalue weighted by Crippen LogP contribution is -2.29. The number of fused-ring (bicyclic) bond motifs is 2. The molecule has 1 fully saturated rings. The van der Waals surface area contributed by atoms with Crippen LogP contribution in [0.5, 0.6) is 17.2 Å². The van der Waals surface area contributed by atoms with Crippen LogP contribution in [-0.2, 0) is 16.0 Å². The Morgan fingerprint density at radius 1 is 1.09 bits per heavy atom. The number of hydrogen-bond acceptors (Lipinski definition) is 8. The minimum Gasteiger partial charge on any atom is -0.507 e. The van der Waals surface area contributed by atoms with E-state index >= 15 is 0 Å². The predicted molar refractivity (Wildman–Crippen MR) is 168 cm³/mol. The number of aliphatic hydroxyl groups is 1. The normalized spacial score (nSPS) is 19.1. The van der Waals surface area contributed by atoms with E-state index < -0.39 is 17.7 Å². The Hall–Kier alpha value is -4.08. The molecular weight excluding hydrogens is 588 g/mol. The van der Waals surface area contributed by atoms with Crippen LogP contribution < -0.4 is 19.1 Å². The molecule has 1 aromatic heterocycles. The summed E-state index contributed by atoms with van der Waals surface area (Å²) in [7, 11) is 0. The third kappa shape index (κ3) is 5.43. The number of ketones is 1. The van der Waals surface area contributed by atoms with E-state index in [-0.39, 0.29) is 17.4 Å². The first kappa shape index (κ1) is 29.0. The average Bonchev–Trinajstić information content (AvgIpc) is 3.65. The Labute approximate surface area is 258 Å². The summed E-state index contributed by atoms with van der Waals surface area (Å²) in [6.07, 6.45) is 2.57. The summed E-state index contributed by atoms with van der Waals surface area (Å²) in [5.41, 5.74) is 2.55. The topological polar surface area (TPSA) is 98.2 Å². The van der Waals surface area contributed by atoms with E-state index in [1.807, 2.05) is 19.9 Å². The van der Waals surface area contributed by atoms with Crippen LogP contribution in [0.25, 0.3) is 16.0 Å². The van der Waals surface area contributed by atoms with Gasteiger partial charge in [-0.15, -0.1) is 0 Å². The molecule has 0 aliphatic carbocycles. The monoisotopic (exact) mass is 618 g/mol. The highest BCUT2D eigenvalue weighted by Gasteiger charge is 2.48. The number of halogens is 1. The van der Waals surface area contributed by atoms with Crippen LogP contribution >= 0.6 is 22.9 Å². The van der Waals surface area contributed by atoms with Gasteiger partial charge in [-0.3, -0.25) is 14.5 Å². The van der Waals surface area contributed by atoms with E-state index in [0.717, 1.165) is 28.9 Å². The van der Waals surface area contributed by atoms with E-state index in [0.29, 0.717) is 57.9 Å². The van der Waals surface area contributed by atoms with Gasteiger partial charge in [-0.2, -0.15) is 0 Å². The van der Waals surface area contributed by atoms with Crippen LogP contribution in [0.3, 0.4) is 0 Å². The van der Waals surface area contributed by atoms with Crippen molar-refractivity contribution in [2.75, 3.05) is 18.1 Å². The largest absolute Gasteiger partial charge is 0.507 e. The van der Waals surface area contributed by atoms with Crippen LogP contribution in [0.1, 0.15) is 56.3 Å². The Morgan fingerprint density at radius 2 is 1.93 bits per heavy atom. The van der Waals surface area contributed by atoms with Crippen molar-refractivity contribution in [3.8, 4) is 17.2 Å². The van der Waals surface area contributed by atoms with Crippen molar-refractivity contribution in [2.45, 2.75) is 52.2 Å². The van der Waals surface area contributed by atoms with Crippen molar-refractivity contribution < 1.29 is 28.9 Å². The first-order chi connectivity index (χ1) is 20.8. The maximum atomic E-state index is 13.8. The van der Waals surface area contributed by atoms with Gasteiger partial charge in [-0.25, -0.2) is 4.98 Å². The Balaban J connectivity index is 1.51. The molecule has 43 heavy (non-hydrogen) atoms. The molecule has 1 N–H and O–H groups in total. The van der Waals surface area contributed by atoms with Crippen LogP contribution in [0.15, 0.2) is 60.2 Å². The van der Waals surface area contributed by atoms with Gasteiger partial charge in [0.2, 0.25) is 0 Å². The van der Waals surface area contributed by atoms with Crippen molar-refractivity contribution in [1.82, 2.24) is 4.98 Å². The summed E-state index contributed by atoms with van der Waals surface area (Å²) in [6, 6.07) is 14.9. The van der Waals surface area contributed by atoms with Crippen LogP contribution in [0.2, 0.25) is 5.02 Å². The number of nitrogens with zero attached hydrogens (tertiary/aromatic N) is 2. The smallest absolute Gasteiger partial charge is 0.301 e. The van der Waals surface area contributed by atoms with Crippen molar-refractivity contribution in [3.63, 3.8) is 0 Å². The van der Waals surface area contributed by atoms with E-state index in [1.54, 1.807) is 48.5 Å². The van der Waals surface area contributed by atoms with Gasteiger partial charge in [0.25, 0.3) is 5.78 Å². The highest BCUT2D eigenvalue weighted by molar-refractivity contribution is 7.22. The minimum absolute atomic E-state index is 0.0144. The minimum atomic E-state index is -0.969. The number of Topliss-reactive ketones (excluding diaryl/α,β-unsaturated/α-hetero) is 1. The van der Waals surface area contributed by atoms with Crippen LogP contribution in [0, 0.1) is 0 Å². The number of hydrogen-bond donors (Lipinski definition) is 1. The molecule has 10 heteroatoms. The lowest BCUT2D eigenvalue weighted by Gasteiger charge is -2.24. The summed E-state index contributed by atoms with van der Waals surface area (Å²) in [4.78, 5) is 33.6. The van der Waals surface area contributed by atoms with E-state index in [1.165, 1.54) is 16.2 Å². The number of rotatable bonds is 9. The molecule has 222 valence electrons. The second-order valence-electron chi connectivity index (χ2n) is 10.6. The maximum absolute atomic E-state index is 13.8. The molecule has 0 spiro atoms. The molecule has 6 rings (SSSR count).